The van der Waals surface area contributed by atoms with E-state index in [0.29, 0.717) is 0 Å². The second-order valence-corrected chi connectivity index (χ2v) is 8.99. The van der Waals surface area contributed by atoms with E-state index >= 15 is 0 Å². The van der Waals surface area contributed by atoms with Crippen molar-refractivity contribution in [2.75, 3.05) is 11.4 Å². The Morgan fingerprint density at radius 3 is 2.45 bits per heavy atom. The first-order valence-electron chi connectivity index (χ1n) is 9.83. The predicted octanol–water partition coefficient (Wildman–Crippen LogP) is 5.09. The van der Waals surface area contributed by atoms with Gasteiger partial charge in [-0.2, -0.15) is 4.57 Å². The molecule has 0 aliphatic carbocycles. The van der Waals surface area contributed by atoms with Gasteiger partial charge in [0.2, 0.25) is 5.52 Å². The number of fused-ring (bicyclic) bond motifs is 2. The lowest BCUT2D eigenvalue weighted by atomic mass is 10.2. The molecule has 0 atom stereocenters. The van der Waals surface area contributed by atoms with Crippen LogP contribution in [0.2, 0.25) is 0 Å². The van der Waals surface area contributed by atoms with Gasteiger partial charge < -0.3 is 15.1 Å². The molecule has 0 spiro atoms. The fraction of sp³-hybridized carbons (Fsp3) is 0.174. The molecule has 1 aromatic heterocycles. The molecule has 0 amide bonds. The largest absolute Gasteiger partial charge is 0.478 e. The Morgan fingerprint density at radius 1 is 1.06 bits per heavy atom. The minimum absolute atomic E-state index is 0.286. The molecular formula is C23H21N2O4S2+. The Balaban J connectivity index is 1.64. The van der Waals surface area contributed by atoms with E-state index in [0.717, 1.165) is 43.9 Å². The Hall–Kier alpha value is -3.10. The number of aromatic carboxylic acids is 2. The second-order valence-electron chi connectivity index (χ2n) is 6.87. The number of benzene rings is 2. The van der Waals surface area contributed by atoms with Gasteiger partial charge in [-0.1, -0.05) is 29.2 Å². The number of anilines is 1. The summed E-state index contributed by atoms with van der Waals surface area (Å²) in [7, 11) is 0. The summed E-state index contributed by atoms with van der Waals surface area (Å²) in [4.78, 5) is 25.6. The monoisotopic (exact) mass is 453 g/mol. The number of thioether (sulfide) groups is 1. The number of carbonyl (C=O) groups is 2. The van der Waals surface area contributed by atoms with Crippen LogP contribution in [0.25, 0.3) is 16.3 Å². The van der Waals surface area contributed by atoms with Gasteiger partial charge in [0.25, 0.3) is 5.01 Å². The third-order valence-corrected chi connectivity index (χ3v) is 7.29. The maximum Gasteiger partial charge on any atom is 0.335 e. The lowest BCUT2D eigenvalue weighted by molar-refractivity contribution is -0.665. The molecule has 6 nitrogen and oxygen atoms in total. The predicted molar refractivity (Wildman–Crippen MR) is 124 cm³/mol. The molecule has 0 saturated heterocycles. The number of hydrogen-bond donors (Lipinski definition) is 2. The summed E-state index contributed by atoms with van der Waals surface area (Å²) in [6.45, 7) is 5.69. The van der Waals surface area contributed by atoms with E-state index in [1.165, 1.54) is 0 Å². The molecule has 1 aliphatic heterocycles. The molecule has 2 N–H and O–H groups in total. The van der Waals surface area contributed by atoms with Crippen molar-refractivity contribution in [3.63, 3.8) is 0 Å². The topological polar surface area (TPSA) is 81.7 Å². The summed E-state index contributed by atoms with van der Waals surface area (Å²) in [6.07, 6.45) is 6.05. The lowest BCUT2D eigenvalue weighted by Crippen LogP contribution is -2.33. The molecule has 158 valence electrons. The Bertz CT molecular complexity index is 1260. The van der Waals surface area contributed by atoms with Gasteiger partial charge in [-0.3, -0.25) is 0 Å². The number of allylic oxidation sites excluding steroid dienone is 2. The van der Waals surface area contributed by atoms with Crippen LogP contribution in [0.5, 0.6) is 0 Å². The maximum atomic E-state index is 11.3. The first-order chi connectivity index (χ1) is 14.9. The van der Waals surface area contributed by atoms with Crippen LogP contribution in [-0.4, -0.2) is 28.7 Å². The zero-order valence-corrected chi connectivity index (χ0v) is 18.7. The van der Waals surface area contributed by atoms with Crippen molar-refractivity contribution in [3.8, 4) is 0 Å². The molecular weight excluding hydrogens is 432 g/mol. The lowest BCUT2D eigenvalue weighted by Gasteiger charge is -2.17. The van der Waals surface area contributed by atoms with Crippen molar-refractivity contribution in [2.24, 2.45) is 0 Å². The molecule has 2 heterocycles. The number of rotatable bonds is 6. The van der Waals surface area contributed by atoms with Gasteiger partial charge in [0.1, 0.15) is 11.2 Å². The van der Waals surface area contributed by atoms with E-state index in [-0.39, 0.29) is 11.1 Å². The van der Waals surface area contributed by atoms with Gasteiger partial charge in [-0.25, -0.2) is 9.59 Å². The molecule has 31 heavy (non-hydrogen) atoms. The van der Waals surface area contributed by atoms with Crippen molar-refractivity contribution in [1.29, 1.82) is 0 Å². The van der Waals surface area contributed by atoms with Crippen molar-refractivity contribution in [2.45, 2.75) is 25.3 Å². The second kappa shape index (κ2) is 8.56. The van der Waals surface area contributed by atoms with Crippen LogP contribution in [0.4, 0.5) is 5.69 Å². The van der Waals surface area contributed by atoms with E-state index in [1.807, 2.05) is 30.4 Å². The zero-order valence-electron chi connectivity index (χ0n) is 17.0. The van der Waals surface area contributed by atoms with Crippen LogP contribution in [0.1, 0.15) is 39.6 Å². The highest BCUT2D eigenvalue weighted by Gasteiger charge is 2.25. The molecule has 8 heteroatoms. The molecule has 3 aromatic rings. The van der Waals surface area contributed by atoms with Gasteiger partial charge in [-0.05, 0) is 50.3 Å². The Labute approximate surface area is 187 Å². The summed E-state index contributed by atoms with van der Waals surface area (Å²) in [5.74, 6) is -1.85. The molecule has 0 fully saturated rings. The van der Waals surface area contributed by atoms with Crippen LogP contribution in [-0.2, 0) is 6.54 Å². The standard InChI is InChI=1S/C23H20N2O4S2/c1-3-24-16-10-8-14(22(26)27)12-18(16)30-20(24)6-5-7-21-25(4-2)17-11-9-15(23(28)29)13-19(17)31-21/h5-13H,3-4H2,1-2H3,(H-,26,27,28,29)/p+1. The highest BCUT2D eigenvalue weighted by atomic mass is 32.2. The van der Waals surface area contributed by atoms with E-state index in [4.69, 9.17) is 0 Å². The first-order valence-corrected chi connectivity index (χ1v) is 11.5. The van der Waals surface area contributed by atoms with Gasteiger partial charge >= 0.3 is 11.9 Å². The van der Waals surface area contributed by atoms with E-state index < -0.39 is 11.9 Å². The summed E-state index contributed by atoms with van der Waals surface area (Å²) in [5, 5.41) is 20.6. The fourth-order valence-electron chi connectivity index (χ4n) is 3.59. The van der Waals surface area contributed by atoms with E-state index in [1.54, 1.807) is 47.4 Å². The molecule has 1 aliphatic rings. The number of carboxylic acid groups (broad SMARTS) is 2. The molecule has 0 bridgehead atoms. The summed E-state index contributed by atoms with van der Waals surface area (Å²) >= 11 is 3.12. The average Bonchev–Trinajstić information content (AvgIpc) is 3.29. The number of thiazole rings is 1. The Kier molecular flexibility index (Phi) is 5.84. The molecule has 4 rings (SSSR count). The van der Waals surface area contributed by atoms with Crippen molar-refractivity contribution < 1.29 is 24.4 Å². The van der Waals surface area contributed by atoms with E-state index in [2.05, 4.69) is 23.3 Å². The SMILES string of the molecule is CCN1C(=CC=Cc2sc3cc(C(=O)O)ccc3[n+]2CC)Sc2cc(C(=O)O)ccc21. The van der Waals surface area contributed by atoms with Crippen molar-refractivity contribution in [1.82, 2.24) is 0 Å². The van der Waals surface area contributed by atoms with E-state index in [9.17, 15) is 19.8 Å². The Morgan fingerprint density at radius 2 is 1.77 bits per heavy atom. The minimum Gasteiger partial charge on any atom is -0.478 e. The third kappa shape index (κ3) is 3.96. The number of hydrogen-bond acceptors (Lipinski definition) is 5. The van der Waals surface area contributed by atoms with Crippen molar-refractivity contribution >= 4 is 57.0 Å². The maximum absolute atomic E-state index is 11.3. The normalized spacial score (nSPS) is 14.6. The van der Waals surface area contributed by atoms with Crippen LogP contribution in [0.15, 0.2) is 58.5 Å². The average molecular weight is 454 g/mol. The number of nitrogens with zero attached hydrogens (tertiary/aromatic N) is 2. The number of aromatic nitrogens is 1. The summed E-state index contributed by atoms with van der Waals surface area (Å²) in [6, 6.07) is 10.4. The molecule has 2 aromatic carbocycles. The van der Waals surface area contributed by atoms with Crippen molar-refractivity contribution in [3.05, 3.63) is 69.7 Å². The van der Waals surface area contributed by atoms with Gasteiger partial charge in [-0.15, -0.1) is 0 Å². The number of carboxylic acids is 2. The fourth-order valence-corrected chi connectivity index (χ4v) is 5.95. The zero-order chi connectivity index (χ0) is 22.1. The minimum atomic E-state index is -0.927. The molecule has 0 saturated carbocycles. The highest BCUT2D eigenvalue weighted by Crippen LogP contribution is 2.46. The third-order valence-electron chi connectivity index (χ3n) is 5.07. The van der Waals surface area contributed by atoms with Crippen LogP contribution >= 0.6 is 23.1 Å². The van der Waals surface area contributed by atoms with Gasteiger partial charge in [0.15, 0.2) is 0 Å². The number of aryl methyl sites for hydroxylation is 1. The van der Waals surface area contributed by atoms with Crippen LogP contribution in [0, 0.1) is 0 Å². The quantitative estimate of drug-likeness (QED) is 0.506. The van der Waals surface area contributed by atoms with Crippen LogP contribution in [0.3, 0.4) is 0 Å². The molecule has 0 unspecified atom stereocenters. The van der Waals surface area contributed by atoms with Gasteiger partial charge in [0.05, 0.1) is 21.8 Å². The van der Waals surface area contributed by atoms with Gasteiger partial charge in [0, 0.05) is 23.6 Å². The summed E-state index contributed by atoms with van der Waals surface area (Å²) < 4.78 is 3.10. The van der Waals surface area contributed by atoms with Crippen LogP contribution < -0.4 is 9.47 Å². The molecule has 0 radical (unpaired) electrons. The smallest absolute Gasteiger partial charge is 0.335 e. The first kappa shape index (κ1) is 21.1. The highest BCUT2D eigenvalue weighted by molar-refractivity contribution is 8.03. The summed E-state index contributed by atoms with van der Waals surface area (Å²) in [5.41, 5.74) is 2.61.